The molecule has 0 saturated heterocycles. The molecule has 0 saturated carbocycles. The second-order valence-electron chi connectivity index (χ2n) is 2.33. The standard InChI is InChI=1S/C7H15Cl2O4P/c1-3-11-14(10,12-4-2)13-6-7(9)5-8/h7H,3-6H2,1-2H3/t7-/m0/s1. The minimum atomic E-state index is -3.43. The summed E-state index contributed by atoms with van der Waals surface area (Å²) in [5.41, 5.74) is 0. The molecule has 0 aromatic heterocycles. The molecule has 0 aliphatic rings. The van der Waals surface area contributed by atoms with Crippen molar-refractivity contribution >= 4 is 31.0 Å². The number of phosphoric acid groups is 1. The van der Waals surface area contributed by atoms with Crippen molar-refractivity contribution in [3.05, 3.63) is 0 Å². The molecular weight excluding hydrogens is 250 g/mol. The van der Waals surface area contributed by atoms with Gasteiger partial charge in [-0.2, -0.15) is 0 Å². The van der Waals surface area contributed by atoms with Crippen LogP contribution in [0.1, 0.15) is 13.8 Å². The molecule has 0 N–H and O–H groups in total. The van der Waals surface area contributed by atoms with Crippen molar-refractivity contribution in [3.63, 3.8) is 0 Å². The lowest BCUT2D eigenvalue weighted by molar-refractivity contribution is 0.122. The molecule has 86 valence electrons. The molecule has 0 aliphatic heterocycles. The predicted octanol–water partition coefficient (Wildman–Crippen LogP) is 3.03. The Bertz CT molecular complexity index is 181. The second kappa shape index (κ2) is 7.91. The Labute approximate surface area is 94.4 Å². The summed E-state index contributed by atoms with van der Waals surface area (Å²) in [4.78, 5) is 0. The van der Waals surface area contributed by atoms with Crippen molar-refractivity contribution in [1.29, 1.82) is 0 Å². The second-order valence-corrected chi connectivity index (χ2v) is 4.92. The molecule has 1 atom stereocenters. The number of phosphoric ester groups is 1. The van der Waals surface area contributed by atoms with Gasteiger partial charge in [0.2, 0.25) is 0 Å². The number of rotatable bonds is 8. The molecule has 7 heteroatoms. The zero-order chi connectivity index (χ0) is 11.0. The number of hydrogen-bond donors (Lipinski definition) is 0. The Kier molecular flexibility index (Phi) is 8.30. The summed E-state index contributed by atoms with van der Waals surface area (Å²) in [5.74, 6) is 0.222. The third kappa shape index (κ3) is 6.23. The quantitative estimate of drug-likeness (QED) is 0.499. The highest BCUT2D eigenvalue weighted by Crippen LogP contribution is 2.49. The highest BCUT2D eigenvalue weighted by Gasteiger charge is 2.26. The molecule has 0 spiro atoms. The van der Waals surface area contributed by atoms with Crippen molar-refractivity contribution in [2.45, 2.75) is 19.2 Å². The molecule has 0 unspecified atom stereocenters. The van der Waals surface area contributed by atoms with E-state index >= 15 is 0 Å². The summed E-state index contributed by atoms with van der Waals surface area (Å²) in [6, 6.07) is 0. The van der Waals surface area contributed by atoms with Gasteiger partial charge in [-0.25, -0.2) is 4.57 Å². The van der Waals surface area contributed by atoms with Crippen molar-refractivity contribution in [2.75, 3.05) is 25.7 Å². The van der Waals surface area contributed by atoms with Crippen molar-refractivity contribution < 1.29 is 18.1 Å². The summed E-state index contributed by atoms with van der Waals surface area (Å²) >= 11 is 11.1. The van der Waals surface area contributed by atoms with E-state index in [1.165, 1.54) is 0 Å². The van der Waals surface area contributed by atoms with Crippen LogP contribution >= 0.6 is 31.0 Å². The van der Waals surface area contributed by atoms with Crippen LogP contribution in [0.15, 0.2) is 0 Å². The fourth-order valence-electron chi connectivity index (χ4n) is 0.645. The molecule has 0 radical (unpaired) electrons. The van der Waals surface area contributed by atoms with Gasteiger partial charge >= 0.3 is 7.82 Å². The van der Waals surface area contributed by atoms with Gasteiger partial charge in [-0.1, -0.05) is 0 Å². The Hall–Kier alpha value is 0.690. The van der Waals surface area contributed by atoms with Crippen LogP contribution in [0.5, 0.6) is 0 Å². The normalized spacial score (nSPS) is 14.3. The third-order valence-electron chi connectivity index (χ3n) is 1.16. The van der Waals surface area contributed by atoms with Crippen LogP contribution in [0.25, 0.3) is 0 Å². The van der Waals surface area contributed by atoms with E-state index in [-0.39, 0.29) is 25.7 Å². The van der Waals surface area contributed by atoms with Crippen LogP contribution in [0.4, 0.5) is 0 Å². The summed E-state index contributed by atoms with van der Waals surface area (Å²) in [7, 11) is -3.43. The lowest BCUT2D eigenvalue weighted by atomic mass is 10.5. The SMILES string of the molecule is CCOP(=O)(OCC)OC[C@@H](Cl)CCl. The van der Waals surface area contributed by atoms with Gasteiger partial charge in [0.25, 0.3) is 0 Å². The first-order valence-electron chi connectivity index (χ1n) is 4.31. The maximum atomic E-state index is 11.7. The van der Waals surface area contributed by atoms with Gasteiger partial charge < -0.3 is 0 Å². The molecular formula is C7H15Cl2O4P. The van der Waals surface area contributed by atoms with E-state index in [1.807, 2.05) is 0 Å². The van der Waals surface area contributed by atoms with E-state index < -0.39 is 13.2 Å². The molecule has 14 heavy (non-hydrogen) atoms. The van der Waals surface area contributed by atoms with Crippen LogP contribution in [0.2, 0.25) is 0 Å². The Morgan fingerprint density at radius 2 is 1.71 bits per heavy atom. The fraction of sp³-hybridized carbons (Fsp3) is 1.00. The highest BCUT2D eigenvalue weighted by molar-refractivity contribution is 7.48. The summed E-state index contributed by atoms with van der Waals surface area (Å²) in [6.07, 6.45) is 0. The Balaban J connectivity index is 4.02. The van der Waals surface area contributed by atoms with Gasteiger partial charge in [-0.3, -0.25) is 13.6 Å². The first-order chi connectivity index (χ1) is 6.58. The Morgan fingerprint density at radius 3 is 2.07 bits per heavy atom. The van der Waals surface area contributed by atoms with E-state index in [0.29, 0.717) is 0 Å². The van der Waals surface area contributed by atoms with Gasteiger partial charge in [-0.15, -0.1) is 23.2 Å². The van der Waals surface area contributed by atoms with E-state index in [2.05, 4.69) is 0 Å². The summed E-state index contributed by atoms with van der Waals surface area (Å²) in [6.45, 7) is 3.96. The van der Waals surface area contributed by atoms with Crippen molar-refractivity contribution in [1.82, 2.24) is 0 Å². The minimum Gasteiger partial charge on any atom is -0.287 e. The number of alkyl halides is 2. The van der Waals surface area contributed by atoms with Crippen LogP contribution in [-0.2, 0) is 18.1 Å². The average Bonchev–Trinajstić information content (AvgIpc) is 2.15. The van der Waals surface area contributed by atoms with Gasteiger partial charge in [0, 0.05) is 5.88 Å². The van der Waals surface area contributed by atoms with Crippen LogP contribution < -0.4 is 0 Å². The zero-order valence-corrected chi connectivity index (χ0v) is 10.6. The predicted molar refractivity (Wildman–Crippen MR) is 57.2 cm³/mol. The molecule has 0 rings (SSSR count). The van der Waals surface area contributed by atoms with Crippen LogP contribution in [-0.4, -0.2) is 31.1 Å². The summed E-state index contributed by atoms with van der Waals surface area (Å²) in [5, 5.41) is -0.397. The molecule has 0 aliphatic carbocycles. The van der Waals surface area contributed by atoms with E-state index in [1.54, 1.807) is 13.8 Å². The third-order valence-corrected chi connectivity index (χ3v) is 3.58. The average molecular weight is 265 g/mol. The summed E-state index contributed by atoms with van der Waals surface area (Å²) < 4.78 is 26.4. The van der Waals surface area contributed by atoms with Crippen LogP contribution in [0.3, 0.4) is 0 Å². The van der Waals surface area contributed by atoms with E-state index in [4.69, 9.17) is 36.8 Å². The highest BCUT2D eigenvalue weighted by atomic mass is 35.5. The first-order valence-corrected chi connectivity index (χ1v) is 6.74. The monoisotopic (exact) mass is 264 g/mol. The van der Waals surface area contributed by atoms with Gasteiger partial charge in [0.1, 0.15) is 0 Å². The maximum Gasteiger partial charge on any atom is 0.474 e. The zero-order valence-electron chi connectivity index (χ0n) is 8.24. The van der Waals surface area contributed by atoms with Gasteiger partial charge in [0.05, 0.1) is 25.2 Å². The molecule has 0 aromatic rings. The largest absolute Gasteiger partial charge is 0.474 e. The first kappa shape index (κ1) is 14.7. The van der Waals surface area contributed by atoms with E-state index in [0.717, 1.165) is 0 Å². The molecule has 0 fully saturated rings. The number of hydrogen-bond acceptors (Lipinski definition) is 4. The lowest BCUT2D eigenvalue weighted by Gasteiger charge is -2.17. The minimum absolute atomic E-state index is 0.0440. The van der Waals surface area contributed by atoms with Crippen molar-refractivity contribution in [2.24, 2.45) is 0 Å². The molecule has 0 bridgehead atoms. The topological polar surface area (TPSA) is 44.8 Å². The molecule has 4 nitrogen and oxygen atoms in total. The Morgan fingerprint density at radius 1 is 1.21 bits per heavy atom. The molecule has 0 aromatic carbocycles. The van der Waals surface area contributed by atoms with Gasteiger partial charge in [0.15, 0.2) is 0 Å². The fourth-order valence-corrected chi connectivity index (χ4v) is 2.10. The lowest BCUT2D eigenvalue weighted by Crippen LogP contribution is -2.11. The number of halogens is 2. The van der Waals surface area contributed by atoms with Crippen molar-refractivity contribution in [3.8, 4) is 0 Å². The smallest absolute Gasteiger partial charge is 0.287 e. The molecule has 0 heterocycles. The maximum absolute atomic E-state index is 11.7. The van der Waals surface area contributed by atoms with Crippen LogP contribution in [0, 0.1) is 0 Å². The molecule has 0 amide bonds. The van der Waals surface area contributed by atoms with Gasteiger partial charge in [-0.05, 0) is 13.8 Å². The van der Waals surface area contributed by atoms with E-state index in [9.17, 15) is 4.57 Å².